The molecule has 3 aromatic rings. The third-order valence-corrected chi connectivity index (χ3v) is 5.88. The predicted molar refractivity (Wildman–Crippen MR) is 117 cm³/mol. The van der Waals surface area contributed by atoms with Gasteiger partial charge in [0.15, 0.2) is 0 Å². The van der Waals surface area contributed by atoms with Crippen molar-refractivity contribution in [1.82, 2.24) is 9.47 Å². The molecule has 0 atom stereocenters. The lowest BCUT2D eigenvalue weighted by Crippen LogP contribution is -2.47. The van der Waals surface area contributed by atoms with Crippen molar-refractivity contribution in [3.8, 4) is 5.69 Å². The van der Waals surface area contributed by atoms with Gasteiger partial charge in [-0.2, -0.15) is 0 Å². The maximum Gasteiger partial charge on any atom is 0.255 e. The van der Waals surface area contributed by atoms with Crippen LogP contribution in [0.3, 0.4) is 0 Å². The Kier molecular flexibility index (Phi) is 4.82. The summed E-state index contributed by atoms with van der Waals surface area (Å²) in [4.78, 5) is 17.7. The van der Waals surface area contributed by atoms with E-state index in [9.17, 15) is 4.79 Å². The number of anilines is 2. The first-order valence-corrected chi connectivity index (χ1v) is 10.4. The normalized spacial score (nSPS) is 17.3. The molecule has 1 saturated carbocycles. The van der Waals surface area contributed by atoms with Crippen LogP contribution < -0.4 is 10.2 Å². The van der Waals surface area contributed by atoms with Gasteiger partial charge in [-0.05, 0) is 67.4 Å². The number of carbonyl (C=O) groups is 1. The number of nitrogens with zero attached hydrogens (tertiary/aromatic N) is 3. The number of hydrogen-bond donors (Lipinski definition) is 1. The van der Waals surface area contributed by atoms with Crippen LogP contribution in [0.2, 0.25) is 0 Å². The molecule has 2 heterocycles. The van der Waals surface area contributed by atoms with E-state index >= 15 is 0 Å². The van der Waals surface area contributed by atoms with Gasteiger partial charge in [0.25, 0.3) is 5.91 Å². The average molecular weight is 386 g/mol. The van der Waals surface area contributed by atoms with Crippen molar-refractivity contribution in [3.63, 3.8) is 0 Å². The molecule has 1 saturated heterocycles. The van der Waals surface area contributed by atoms with Gasteiger partial charge in [-0.3, -0.25) is 9.69 Å². The first-order chi connectivity index (χ1) is 14.3. The van der Waals surface area contributed by atoms with Crippen LogP contribution in [0.5, 0.6) is 0 Å². The Hall–Kier alpha value is -3.05. The number of hydrogen-bond acceptors (Lipinski definition) is 3. The molecule has 0 radical (unpaired) electrons. The van der Waals surface area contributed by atoms with Crippen LogP contribution in [0.4, 0.5) is 11.4 Å². The highest BCUT2D eigenvalue weighted by Crippen LogP contribution is 2.28. The zero-order valence-electron chi connectivity index (χ0n) is 16.5. The molecule has 29 heavy (non-hydrogen) atoms. The highest BCUT2D eigenvalue weighted by Gasteiger charge is 2.31. The van der Waals surface area contributed by atoms with Crippen molar-refractivity contribution in [2.75, 3.05) is 36.4 Å². The molecule has 0 bridgehead atoms. The number of amides is 1. The zero-order chi connectivity index (χ0) is 19.6. The van der Waals surface area contributed by atoms with Gasteiger partial charge in [0, 0.05) is 67.2 Å². The Bertz CT molecular complexity index is 968. The molecule has 1 aliphatic carbocycles. The molecular formula is C24H26N4O. The van der Waals surface area contributed by atoms with E-state index < -0.39 is 0 Å². The van der Waals surface area contributed by atoms with Crippen molar-refractivity contribution in [2.24, 2.45) is 0 Å². The van der Waals surface area contributed by atoms with Crippen LogP contribution in [0.1, 0.15) is 23.2 Å². The lowest BCUT2D eigenvalue weighted by atomic mass is 10.1. The van der Waals surface area contributed by atoms with E-state index in [1.807, 2.05) is 65.5 Å². The minimum Gasteiger partial charge on any atom is -0.369 e. The molecule has 5 nitrogen and oxygen atoms in total. The minimum atomic E-state index is -0.0928. The average Bonchev–Trinajstić information content (AvgIpc) is 3.48. The number of piperazine rings is 1. The van der Waals surface area contributed by atoms with Gasteiger partial charge in [-0.15, -0.1) is 0 Å². The number of nitrogens with one attached hydrogen (secondary N) is 1. The Morgan fingerprint density at radius 1 is 0.828 bits per heavy atom. The molecule has 1 N–H and O–H groups in total. The summed E-state index contributed by atoms with van der Waals surface area (Å²) in [6.07, 6.45) is 6.70. The highest BCUT2D eigenvalue weighted by molar-refractivity contribution is 6.04. The molecule has 2 fully saturated rings. The smallest absolute Gasteiger partial charge is 0.255 e. The third-order valence-electron chi connectivity index (χ3n) is 5.88. The number of carbonyl (C=O) groups excluding carboxylic acids is 1. The summed E-state index contributed by atoms with van der Waals surface area (Å²) < 4.78 is 1.99. The largest absolute Gasteiger partial charge is 0.369 e. The van der Waals surface area contributed by atoms with E-state index in [4.69, 9.17) is 0 Å². The molecule has 0 spiro atoms. The summed E-state index contributed by atoms with van der Waals surface area (Å²) in [5, 5.41) is 3.02. The fourth-order valence-corrected chi connectivity index (χ4v) is 4.06. The summed E-state index contributed by atoms with van der Waals surface area (Å²) in [7, 11) is 0. The highest BCUT2D eigenvalue weighted by atomic mass is 16.1. The van der Waals surface area contributed by atoms with Crippen LogP contribution in [-0.2, 0) is 0 Å². The van der Waals surface area contributed by atoms with E-state index in [0.29, 0.717) is 5.56 Å². The summed E-state index contributed by atoms with van der Waals surface area (Å²) in [6, 6.07) is 20.7. The lowest BCUT2D eigenvalue weighted by molar-refractivity contribution is 0.102. The van der Waals surface area contributed by atoms with Crippen LogP contribution in [-0.4, -0.2) is 47.6 Å². The van der Waals surface area contributed by atoms with Crippen LogP contribution in [0.25, 0.3) is 5.69 Å². The van der Waals surface area contributed by atoms with Crippen molar-refractivity contribution >= 4 is 17.3 Å². The van der Waals surface area contributed by atoms with Crippen LogP contribution >= 0.6 is 0 Å². The van der Waals surface area contributed by atoms with E-state index in [0.717, 1.165) is 43.6 Å². The maximum atomic E-state index is 12.7. The van der Waals surface area contributed by atoms with Crippen molar-refractivity contribution in [1.29, 1.82) is 0 Å². The van der Waals surface area contributed by atoms with Gasteiger partial charge < -0.3 is 14.8 Å². The van der Waals surface area contributed by atoms with Gasteiger partial charge in [0.1, 0.15) is 0 Å². The van der Waals surface area contributed by atoms with Crippen LogP contribution in [0, 0.1) is 0 Å². The van der Waals surface area contributed by atoms with E-state index in [-0.39, 0.29) is 5.91 Å². The second-order valence-corrected chi connectivity index (χ2v) is 7.90. The molecule has 2 aromatic carbocycles. The number of benzene rings is 2. The fourth-order valence-electron chi connectivity index (χ4n) is 4.06. The topological polar surface area (TPSA) is 40.5 Å². The number of aromatic nitrogens is 1. The Morgan fingerprint density at radius 2 is 1.55 bits per heavy atom. The second kappa shape index (κ2) is 7.76. The Labute approximate surface area is 171 Å². The first kappa shape index (κ1) is 18.0. The molecule has 1 aromatic heterocycles. The summed E-state index contributed by atoms with van der Waals surface area (Å²) in [5.74, 6) is -0.0928. The van der Waals surface area contributed by atoms with E-state index in [1.54, 1.807) is 0 Å². The Balaban J connectivity index is 1.22. The quantitative estimate of drug-likeness (QED) is 0.720. The molecule has 0 unspecified atom stereocenters. The number of rotatable bonds is 5. The maximum absolute atomic E-state index is 12.7. The van der Waals surface area contributed by atoms with Crippen molar-refractivity contribution in [3.05, 3.63) is 78.6 Å². The second-order valence-electron chi connectivity index (χ2n) is 7.90. The fraction of sp³-hybridized carbons (Fsp3) is 0.292. The monoisotopic (exact) mass is 386 g/mol. The molecule has 5 heteroatoms. The van der Waals surface area contributed by atoms with Crippen molar-refractivity contribution < 1.29 is 4.79 Å². The summed E-state index contributed by atoms with van der Waals surface area (Å²) in [6.45, 7) is 4.46. The zero-order valence-corrected chi connectivity index (χ0v) is 16.5. The summed E-state index contributed by atoms with van der Waals surface area (Å²) >= 11 is 0. The van der Waals surface area contributed by atoms with Gasteiger partial charge in [0.05, 0.1) is 0 Å². The van der Waals surface area contributed by atoms with Gasteiger partial charge >= 0.3 is 0 Å². The molecular weight excluding hydrogens is 360 g/mol. The minimum absolute atomic E-state index is 0.0928. The summed E-state index contributed by atoms with van der Waals surface area (Å²) in [5.41, 5.74) is 3.68. The third kappa shape index (κ3) is 4.05. The van der Waals surface area contributed by atoms with E-state index in [2.05, 4.69) is 27.2 Å². The van der Waals surface area contributed by atoms with Gasteiger partial charge in [-0.25, -0.2) is 0 Å². The van der Waals surface area contributed by atoms with E-state index in [1.165, 1.54) is 18.5 Å². The molecule has 5 rings (SSSR count). The van der Waals surface area contributed by atoms with Crippen LogP contribution in [0.15, 0.2) is 73.1 Å². The molecule has 2 aliphatic rings. The molecule has 148 valence electrons. The first-order valence-electron chi connectivity index (χ1n) is 10.4. The SMILES string of the molecule is O=C(Nc1ccc(N2CCN(C3CC3)CC2)cc1)c1cccc(-n2cccc2)c1. The molecule has 1 amide bonds. The van der Waals surface area contributed by atoms with Gasteiger partial charge in [0.2, 0.25) is 0 Å². The van der Waals surface area contributed by atoms with Crippen molar-refractivity contribution in [2.45, 2.75) is 18.9 Å². The molecule has 1 aliphatic heterocycles. The standard InChI is InChI=1S/C24H26N4O/c29-24(19-4-3-5-23(18-19)26-12-1-2-13-26)25-20-6-8-21(9-7-20)27-14-16-28(17-15-27)22-10-11-22/h1-9,12-13,18,22H,10-11,14-17H2,(H,25,29). The predicted octanol–water partition coefficient (Wildman–Crippen LogP) is 4.01. The lowest BCUT2D eigenvalue weighted by Gasteiger charge is -2.36. The Morgan fingerprint density at radius 3 is 2.24 bits per heavy atom. The van der Waals surface area contributed by atoms with Gasteiger partial charge in [-0.1, -0.05) is 6.07 Å².